The molecule has 0 amide bonds. The average Bonchev–Trinajstić information content (AvgIpc) is 3.26. The van der Waals surface area contributed by atoms with Gasteiger partial charge in [-0.05, 0) is 31.0 Å². The van der Waals surface area contributed by atoms with Crippen LogP contribution in [0.3, 0.4) is 0 Å². The van der Waals surface area contributed by atoms with Crippen LogP contribution in [0, 0.1) is 0 Å². The Bertz CT molecular complexity index is 1200. The number of anilines is 1. The van der Waals surface area contributed by atoms with Crippen molar-refractivity contribution in [3.05, 3.63) is 42.4 Å². The van der Waals surface area contributed by atoms with Crippen molar-refractivity contribution in [2.24, 2.45) is 0 Å². The smallest absolute Gasteiger partial charge is 0.204 e. The van der Waals surface area contributed by atoms with Crippen molar-refractivity contribution in [2.75, 3.05) is 39.3 Å². The molecule has 8 nitrogen and oxygen atoms in total. The van der Waals surface area contributed by atoms with Crippen LogP contribution in [0.1, 0.15) is 24.7 Å². The molecular weight excluding hydrogens is 396 g/mol. The number of hydrogen-bond donors (Lipinski definition) is 0. The van der Waals surface area contributed by atoms with Crippen LogP contribution in [0.25, 0.3) is 21.9 Å². The van der Waals surface area contributed by atoms with Crippen molar-refractivity contribution in [1.29, 1.82) is 0 Å². The minimum atomic E-state index is 0.288. The molecule has 2 aromatic heterocycles. The first-order valence-electron chi connectivity index (χ1n) is 10.3. The highest BCUT2D eigenvalue weighted by atomic mass is 16.5. The van der Waals surface area contributed by atoms with Gasteiger partial charge in [0.2, 0.25) is 5.75 Å². The third-order valence-electron chi connectivity index (χ3n) is 5.90. The number of piperidine rings is 1. The van der Waals surface area contributed by atoms with E-state index in [0.29, 0.717) is 17.2 Å². The highest BCUT2D eigenvalue weighted by Gasteiger charge is 2.27. The van der Waals surface area contributed by atoms with E-state index >= 15 is 0 Å². The summed E-state index contributed by atoms with van der Waals surface area (Å²) in [7, 11) is 4.82. The summed E-state index contributed by atoms with van der Waals surface area (Å²) < 4.78 is 22.7. The Morgan fingerprint density at radius 2 is 1.74 bits per heavy atom. The van der Waals surface area contributed by atoms with E-state index < -0.39 is 0 Å². The van der Waals surface area contributed by atoms with Crippen molar-refractivity contribution in [1.82, 2.24) is 15.2 Å². The van der Waals surface area contributed by atoms with Crippen molar-refractivity contribution >= 4 is 27.7 Å². The molecule has 0 aliphatic carbocycles. The summed E-state index contributed by atoms with van der Waals surface area (Å²) in [5, 5.41) is 10.4. The summed E-state index contributed by atoms with van der Waals surface area (Å²) in [6, 6.07) is 9.83. The Morgan fingerprint density at radius 1 is 0.968 bits per heavy atom. The molecule has 2 aromatic carbocycles. The van der Waals surface area contributed by atoms with E-state index in [4.69, 9.17) is 18.6 Å². The second-order valence-electron chi connectivity index (χ2n) is 7.56. The number of oxazole rings is 1. The highest BCUT2D eigenvalue weighted by Crippen LogP contribution is 2.45. The third-order valence-corrected chi connectivity index (χ3v) is 5.90. The van der Waals surface area contributed by atoms with Gasteiger partial charge in [-0.1, -0.05) is 12.1 Å². The molecule has 5 rings (SSSR count). The number of nitrogens with zero attached hydrogens (tertiary/aromatic N) is 4. The van der Waals surface area contributed by atoms with Gasteiger partial charge in [0, 0.05) is 24.4 Å². The lowest BCUT2D eigenvalue weighted by Crippen LogP contribution is -2.33. The van der Waals surface area contributed by atoms with E-state index in [1.165, 1.54) is 0 Å². The second-order valence-corrected chi connectivity index (χ2v) is 7.56. The van der Waals surface area contributed by atoms with Gasteiger partial charge in [-0.25, -0.2) is 4.98 Å². The van der Waals surface area contributed by atoms with Gasteiger partial charge in [-0.15, -0.1) is 5.10 Å². The molecule has 0 radical (unpaired) electrons. The number of methoxy groups -OCH3 is 3. The summed E-state index contributed by atoms with van der Waals surface area (Å²) in [5.41, 5.74) is 1.75. The maximum absolute atomic E-state index is 6.00. The summed E-state index contributed by atoms with van der Waals surface area (Å²) >= 11 is 0. The molecule has 0 atom stereocenters. The lowest BCUT2D eigenvalue weighted by Gasteiger charge is -2.32. The van der Waals surface area contributed by atoms with E-state index in [1.807, 2.05) is 30.3 Å². The number of fused-ring (bicyclic) bond motifs is 2. The molecule has 31 heavy (non-hydrogen) atoms. The molecule has 1 saturated heterocycles. The Labute approximate surface area is 179 Å². The molecule has 4 aromatic rings. The largest absolute Gasteiger partial charge is 0.493 e. The molecule has 0 spiro atoms. The number of para-hydroxylation sites is 2. The van der Waals surface area contributed by atoms with Crippen molar-refractivity contribution in [2.45, 2.75) is 18.8 Å². The lowest BCUT2D eigenvalue weighted by molar-refractivity contribution is 0.327. The van der Waals surface area contributed by atoms with Crippen LogP contribution >= 0.6 is 0 Å². The second kappa shape index (κ2) is 7.94. The van der Waals surface area contributed by atoms with Crippen LogP contribution in [-0.4, -0.2) is 49.6 Å². The third kappa shape index (κ3) is 3.28. The molecule has 1 aliphatic rings. The zero-order valence-electron chi connectivity index (χ0n) is 17.8. The Balaban J connectivity index is 1.45. The van der Waals surface area contributed by atoms with E-state index in [0.717, 1.165) is 59.5 Å². The number of rotatable bonds is 5. The van der Waals surface area contributed by atoms with Gasteiger partial charge in [0.15, 0.2) is 28.8 Å². The maximum atomic E-state index is 6.00. The Hall–Kier alpha value is -3.55. The first-order valence-corrected chi connectivity index (χ1v) is 10.3. The van der Waals surface area contributed by atoms with E-state index in [-0.39, 0.29) is 5.92 Å². The first kappa shape index (κ1) is 19.4. The molecular formula is C23H24N4O4. The molecule has 0 bridgehead atoms. The zero-order valence-corrected chi connectivity index (χ0v) is 17.8. The average molecular weight is 420 g/mol. The molecule has 1 fully saturated rings. The summed E-state index contributed by atoms with van der Waals surface area (Å²) in [6.45, 7) is 1.65. The van der Waals surface area contributed by atoms with Gasteiger partial charge in [0.25, 0.3) is 0 Å². The number of ether oxygens (including phenoxy) is 3. The number of aromatic nitrogens is 3. The van der Waals surface area contributed by atoms with E-state index in [9.17, 15) is 0 Å². The van der Waals surface area contributed by atoms with Gasteiger partial charge >= 0.3 is 0 Å². The predicted molar refractivity (Wildman–Crippen MR) is 117 cm³/mol. The van der Waals surface area contributed by atoms with Crippen LogP contribution in [0.5, 0.6) is 17.2 Å². The maximum Gasteiger partial charge on any atom is 0.204 e. The quantitative estimate of drug-likeness (QED) is 0.476. The molecule has 3 heterocycles. The normalized spacial score (nSPS) is 14.9. The molecule has 0 saturated carbocycles. The number of hydrogen-bond acceptors (Lipinski definition) is 8. The van der Waals surface area contributed by atoms with Crippen LogP contribution in [0.2, 0.25) is 0 Å². The van der Waals surface area contributed by atoms with Crippen LogP contribution in [-0.2, 0) is 0 Å². The Kier molecular flexibility index (Phi) is 4.97. The van der Waals surface area contributed by atoms with Crippen molar-refractivity contribution < 1.29 is 18.6 Å². The fourth-order valence-corrected chi connectivity index (χ4v) is 4.32. The van der Waals surface area contributed by atoms with Gasteiger partial charge < -0.3 is 23.5 Å². The molecule has 0 N–H and O–H groups in total. The molecule has 0 unspecified atom stereocenters. The lowest BCUT2D eigenvalue weighted by atomic mass is 9.96. The van der Waals surface area contributed by atoms with Crippen LogP contribution in [0.15, 0.2) is 40.9 Å². The summed E-state index contributed by atoms with van der Waals surface area (Å²) in [6.07, 6.45) is 3.55. The van der Waals surface area contributed by atoms with Gasteiger partial charge in [0.1, 0.15) is 5.52 Å². The topological polar surface area (TPSA) is 82.7 Å². The van der Waals surface area contributed by atoms with Crippen LogP contribution < -0.4 is 19.1 Å². The van der Waals surface area contributed by atoms with Gasteiger partial charge in [-0.2, -0.15) is 5.10 Å². The predicted octanol–water partition coefficient (Wildman–Crippen LogP) is 4.18. The minimum Gasteiger partial charge on any atom is -0.493 e. The number of benzene rings is 2. The van der Waals surface area contributed by atoms with Gasteiger partial charge in [0.05, 0.1) is 32.9 Å². The molecule has 1 aliphatic heterocycles. The van der Waals surface area contributed by atoms with Crippen LogP contribution in [0.4, 0.5) is 5.82 Å². The van der Waals surface area contributed by atoms with Crippen molar-refractivity contribution in [3.8, 4) is 17.2 Å². The highest BCUT2D eigenvalue weighted by molar-refractivity contribution is 5.99. The fourth-order valence-electron chi connectivity index (χ4n) is 4.32. The summed E-state index contributed by atoms with van der Waals surface area (Å²) in [4.78, 5) is 6.94. The minimum absolute atomic E-state index is 0.288. The first-order chi connectivity index (χ1) is 15.2. The zero-order chi connectivity index (χ0) is 21.4. The molecule has 8 heteroatoms. The fraction of sp³-hybridized carbons (Fsp3) is 0.348. The summed E-state index contributed by atoms with van der Waals surface area (Å²) in [5.74, 6) is 3.66. The van der Waals surface area contributed by atoms with Gasteiger partial charge in [-0.3, -0.25) is 0 Å². The van der Waals surface area contributed by atoms with Crippen molar-refractivity contribution in [3.63, 3.8) is 0 Å². The molecule has 160 valence electrons. The van der Waals surface area contributed by atoms with E-state index in [2.05, 4.69) is 20.1 Å². The standard InChI is InChI=1S/C23H24N4O4/c1-28-19-12-15-16(20(29-2)21(19)30-3)13-24-26-22(15)27-10-8-14(9-11-27)23-25-17-6-4-5-7-18(17)31-23/h4-7,12-14H,8-11H2,1-3H3. The SMILES string of the molecule is COc1cc2c(N3CCC(c4nc5ccccc5o4)CC3)nncc2c(OC)c1OC. The van der Waals surface area contributed by atoms with E-state index in [1.54, 1.807) is 27.5 Å². The monoisotopic (exact) mass is 420 g/mol. The Morgan fingerprint density at radius 3 is 2.45 bits per heavy atom.